The van der Waals surface area contributed by atoms with Crippen LogP contribution in [0, 0.1) is 17.2 Å². The van der Waals surface area contributed by atoms with E-state index in [4.69, 9.17) is 9.72 Å². The molecule has 0 bridgehead atoms. The summed E-state index contributed by atoms with van der Waals surface area (Å²) in [5.41, 5.74) is 1.78. The lowest BCUT2D eigenvalue weighted by atomic mass is 9.99. The van der Waals surface area contributed by atoms with Gasteiger partial charge >= 0.3 is 5.97 Å². The summed E-state index contributed by atoms with van der Waals surface area (Å²) >= 11 is 0. The Morgan fingerprint density at radius 2 is 2.19 bits per heavy atom. The highest BCUT2D eigenvalue weighted by molar-refractivity contribution is 5.85. The summed E-state index contributed by atoms with van der Waals surface area (Å²) in [6.07, 6.45) is 3.69. The van der Waals surface area contributed by atoms with Crippen molar-refractivity contribution in [3.05, 3.63) is 42.6 Å². The van der Waals surface area contributed by atoms with Crippen LogP contribution in [-0.4, -0.2) is 35.6 Å². The van der Waals surface area contributed by atoms with E-state index in [2.05, 4.69) is 23.4 Å². The number of rotatable bonds is 5. The molecule has 26 heavy (non-hydrogen) atoms. The molecule has 2 atom stereocenters. The van der Waals surface area contributed by atoms with E-state index in [9.17, 15) is 10.1 Å². The smallest absolute Gasteiger partial charge is 0.330 e. The zero-order valence-electron chi connectivity index (χ0n) is 14.9. The fourth-order valence-electron chi connectivity index (χ4n) is 3.26. The zero-order valence-corrected chi connectivity index (χ0v) is 14.9. The van der Waals surface area contributed by atoms with Crippen LogP contribution >= 0.6 is 0 Å². The third kappa shape index (κ3) is 3.67. The quantitative estimate of drug-likeness (QED) is 0.608. The summed E-state index contributed by atoms with van der Waals surface area (Å²) in [5, 5.41) is 9.63. The second kappa shape index (κ2) is 7.96. The normalized spacial score (nSPS) is 18.2. The largest absolute Gasteiger partial charge is 0.460 e. The van der Waals surface area contributed by atoms with Crippen LogP contribution in [-0.2, 0) is 9.53 Å². The lowest BCUT2D eigenvalue weighted by Crippen LogP contribution is -2.36. The minimum absolute atomic E-state index is 0.0636. The summed E-state index contributed by atoms with van der Waals surface area (Å²) in [4.78, 5) is 23.9. The number of hydrogen-bond donors (Lipinski definition) is 0. The Hall–Kier alpha value is -2.94. The third-order valence-electron chi connectivity index (χ3n) is 4.52. The summed E-state index contributed by atoms with van der Waals surface area (Å²) in [6, 6.07) is 9.53. The number of carbonyl (C=O) groups excluding carboxylic acids is 1. The average molecular weight is 350 g/mol. The molecule has 0 amide bonds. The van der Waals surface area contributed by atoms with Crippen molar-refractivity contribution in [3.8, 4) is 6.07 Å². The Morgan fingerprint density at radius 1 is 1.46 bits per heavy atom. The molecule has 0 aliphatic carbocycles. The van der Waals surface area contributed by atoms with Crippen LogP contribution in [0.25, 0.3) is 11.0 Å². The van der Waals surface area contributed by atoms with Crippen molar-refractivity contribution in [2.75, 3.05) is 24.6 Å². The molecule has 0 N–H and O–H groups in total. The lowest BCUT2D eigenvalue weighted by molar-refractivity contribution is -0.142. The van der Waals surface area contributed by atoms with Crippen molar-refractivity contribution in [3.63, 3.8) is 0 Å². The lowest BCUT2D eigenvalue weighted by Gasteiger charge is -2.33. The van der Waals surface area contributed by atoms with E-state index in [1.165, 1.54) is 6.08 Å². The summed E-state index contributed by atoms with van der Waals surface area (Å²) in [6.45, 7) is 7.46. The minimum atomic E-state index is -1.11. The molecule has 1 saturated heterocycles. The van der Waals surface area contributed by atoms with Gasteiger partial charge in [-0.2, -0.15) is 5.26 Å². The summed E-state index contributed by atoms with van der Waals surface area (Å²) < 4.78 is 5.11. The van der Waals surface area contributed by atoms with Crippen LogP contribution in [0.5, 0.6) is 0 Å². The molecule has 2 heterocycles. The summed E-state index contributed by atoms with van der Waals surface area (Å²) in [5.74, 6) is -0.599. The number of anilines is 1. The topological polar surface area (TPSA) is 79.1 Å². The number of benzene rings is 1. The van der Waals surface area contributed by atoms with Gasteiger partial charge in [0.25, 0.3) is 0 Å². The Kier molecular flexibility index (Phi) is 5.47. The van der Waals surface area contributed by atoms with Gasteiger partial charge in [-0.05, 0) is 30.9 Å². The number of fused-ring (bicyclic) bond motifs is 1. The van der Waals surface area contributed by atoms with E-state index in [1.807, 2.05) is 30.3 Å². The highest BCUT2D eigenvalue weighted by atomic mass is 16.5. The van der Waals surface area contributed by atoms with Crippen molar-refractivity contribution < 1.29 is 9.53 Å². The number of hydrogen-bond acceptors (Lipinski definition) is 6. The van der Waals surface area contributed by atoms with Crippen LogP contribution in [0.2, 0.25) is 0 Å². The number of para-hydroxylation sites is 2. The monoisotopic (exact) mass is 350 g/mol. The molecule has 1 aliphatic heterocycles. The van der Waals surface area contributed by atoms with Gasteiger partial charge in [0.05, 0.1) is 17.1 Å². The van der Waals surface area contributed by atoms with Crippen LogP contribution in [0.3, 0.4) is 0 Å². The Labute approximate surface area is 153 Å². The molecule has 1 aromatic carbocycles. The average Bonchev–Trinajstić information content (AvgIpc) is 2.66. The second-order valence-electron chi connectivity index (χ2n) is 6.60. The third-order valence-corrected chi connectivity index (χ3v) is 4.52. The number of piperidine rings is 1. The van der Waals surface area contributed by atoms with Crippen molar-refractivity contribution in [2.45, 2.75) is 25.7 Å². The maximum absolute atomic E-state index is 12.4. The molecule has 6 heteroatoms. The maximum Gasteiger partial charge on any atom is 0.330 e. The summed E-state index contributed by atoms with van der Waals surface area (Å²) in [7, 11) is 0. The molecule has 0 unspecified atom stereocenters. The molecule has 0 saturated carbocycles. The van der Waals surface area contributed by atoms with E-state index >= 15 is 0 Å². The molecule has 2 aromatic rings. The molecule has 1 aliphatic rings. The van der Waals surface area contributed by atoms with Crippen molar-refractivity contribution in [2.24, 2.45) is 5.92 Å². The predicted molar refractivity (Wildman–Crippen MR) is 99.7 cm³/mol. The first kappa shape index (κ1) is 17.9. The standard InChI is InChI=1S/C20H22N4O2/c1-3-11-26-20(25)15(12-21)18-19(24-10-6-7-14(2)13-24)23-17-9-5-4-8-16(17)22-18/h3-5,8-9,14-15H,1,6-7,10-11,13H2,2H3/t14-,15-/m0/s1. The fourth-order valence-corrected chi connectivity index (χ4v) is 3.26. The molecular formula is C20H22N4O2. The molecule has 134 valence electrons. The van der Waals surface area contributed by atoms with Gasteiger partial charge in [-0.3, -0.25) is 4.79 Å². The molecule has 0 spiro atoms. The van der Waals surface area contributed by atoms with Gasteiger partial charge in [-0.1, -0.05) is 31.7 Å². The van der Waals surface area contributed by atoms with Crippen LogP contribution in [0.15, 0.2) is 36.9 Å². The maximum atomic E-state index is 12.4. The van der Waals surface area contributed by atoms with Gasteiger partial charge in [-0.15, -0.1) is 0 Å². The Morgan fingerprint density at radius 3 is 2.85 bits per heavy atom. The van der Waals surface area contributed by atoms with E-state index < -0.39 is 11.9 Å². The number of esters is 1. The molecule has 1 fully saturated rings. The molecule has 6 nitrogen and oxygen atoms in total. The van der Waals surface area contributed by atoms with E-state index in [0.717, 1.165) is 31.4 Å². The second-order valence-corrected chi connectivity index (χ2v) is 6.60. The number of carbonyl (C=O) groups is 1. The number of nitriles is 1. The van der Waals surface area contributed by atoms with Gasteiger partial charge in [0.1, 0.15) is 12.3 Å². The molecular weight excluding hydrogens is 328 g/mol. The molecule has 3 rings (SSSR count). The zero-order chi connectivity index (χ0) is 18.5. The highest BCUT2D eigenvalue weighted by Gasteiger charge is 2.31. The molecule has 0 radical (unpaired) electrons. The van der Waals surface area contributed by atoms with E-state index in [1.54, 1.807) is 0 Å². The fraction of sp³-hybridized carbons (Fsp3) is 0.400. The van der Waals surface area contributed by atoms with Gasteiger partial charge in [0.15, 0.2) is 11.7 Å². The first-order chi connectivity index (χ1) is 12.6. The minimum Gasteiger partial charge on any atom is -0.460 e. The Bertz CT molecular complexity index is 859. The van der Waals surface area contributed by atoms with Crippen LogP contribution in [0.1, 0.15) is 31.4 Å². The van der Waals surface area contributed by atoms with Crippen molar-refractivity contribution in [1.82, 2.24) is 9.97 Å². The molecule has 1 aromatic heterocycles. The van der Waals surface area contributed by atoms with Gasteiger partial charge < -0.3 is 9.64 Å². The van der Waals surface area contributed by atoms with Crippen LogP contribution in [0.4, 0.5) is 5.82 Å². The highest BCUT2D eigenvalue weighted by Crippen LogP contribution is 2.30. The van der Waals surface area contributed by atoms with Gasteiger partial charge in [0, 0.05) is 13.1 Å². The van der Waals surface area contributed by atoms with E-state index in [-0.39, 0.29) is 6.61 Å². The number of ether oxygens (including phenoxy) is 1. The van der Waals surface area contributed by atoms with Gasteiger partial charge in [-0.25, -0.2) is 9.97 Å². The van der Waals surface area contributed by atoms with Crippen molar-refractivity contribution in [1.29, 1.82) is 5.26 Å². The van der Waals surface area contributed by atoms with Crippen molar-refractivity contribution >= 4 is 22.8 Å². The van der Waals surface area contributed by atoms with Gasteiger partial charge in [0.2, 0.25) is 0 Å². The van der Waals surface area contributed by atoms with Crippen LogP contribution < -0.4 is 4.90 Å². The number of nitrogens with zero attached hydrogens (tertiary/aromatic N) is 4. The first-order valence-corrected chi connectivity index (χ1v) is 8.82. The first-order valence-electron chi connectivity index (χ1n) is 8.82. The Balaban J connectivity index is 2.08. The van der Waals surface area contributed by atoms with E-state index in [0.29, 0.717) is 22.9 Å². The number of aromatic nitrogens is 2. The predicted octanol–water partition coefficient (Wildman–Crippen LogP) is 3.20. The SMILES string of the molecule is C=CCOC(=O)[C@@H](C#N)c1nc2ccccc2nc1N1CCC[C@H](C)C1.